The second-order valence-corrected chi connectivity index (χ2v) is 11.2. The van der Waals surface area contributed by atoms with Crippen LogP contribution in [0.25, 0.3) is 0 Å². The number of carbonyl (C=O) groups excluding carboxylic acids is 1. The topological polar surface area (TPSA) is 41.6 Å². The van der Waals surface area contributed by atoms with Crippen LogP contribution < -0.4 is 5.32 Å². The van der Waals surface area contributed by atoms with E-state index in [9.17, 15) is 9.18 Å². The van der Waals surface area contributed by atoms with Gasteiger partial charge in [0.05, 0.1) is 6.04 Å². The first-order chi connectivity index (χ1) is 14.8. The molecule has 2 saturated heterocycles. The van der Waals surface area contributed by atoms with Crippen LogP contribution in [0.5, 0.6) is 0 Å². The minimum atomic E-state index is -0.162. The van der Waals surface area contributed by atoms with Crippen molar-refractivity contribution in [2.75, 3.05) is 32.8 Å². The second-order valence-electron chi connectivity index (χ2n) is 11.2. The molecular weight excluding hydrogens is 391 g/mol. The fraction of sp³-hybridized carbons (Fsp3) is 0.731. The molecule has 0 radical (unpaired) electrons. The Balaban J connectivity index is 0.00000289. The zero-order valence-electron chi connectivity index (χ0n) is 19.5. The Morgan fingerprint density at radius 3 is 2.58 bits per heavy atom. The third-order valence-electron chi connectivity index (χ3n) is 7.77. The van der Waals surface area contributed by atoms with Crippen molar-refractivity contribution in [2.45, 2.75) is 77.2 Å². The predicted molar refractivity (Wildman–Crippen MR) is 124 cm³/mol. The van der Waals surface area contributed by atoms with Gasteiger partial charge in [0, 0.05) is 20.6 Å². The summed E-state index contributed by atoms with van der Waals surface area (Å²) >= 11 is 0. The summed E-state index contributed by atoms with van der Waals surface area (Å²) in [5.41, 5.74) is 2.68. The molecule has 1 N–H and O–H groups in total. The Labute approximate surface area is 188 Å². The summed E-state index contributed by atoms with van der Waals surface area (Å²) in [6, 6.07) is 5.24. The molecule has 2 aliphatic heterocycles. The average Bonchev–Trinajstić information content (AvgIpc) is 2.75. The van der Waals surface area contributed by atoms with Crippen LogP contribution in [0.2, 0.25) is 0 Å². The number of halogens is 1. The Morgan fingerprint density at radius 2 is 1.90 bits per heavy atom. The van der Waals surface area contributed by atoms with Crippen LogP contribution in [0.1, 0.15) is 84.3 Å². The number of hydrogen-bond donors (Lipinski definition) is 1. The minimum Gasteiger partial charge on any atom is -0.381 e. The van der Waals surface area contributed by atoms with Crippen LogP contribution in [0, 0.1) is 17.2 Å². The lowest BCUT2D eigenvalue weighted by Crippen LogP contribution is -2.47. The highest BCUT2D eigenvalue weighted by Gasteiger charge is 2.42. The molecule has 1 aromatic carbocycles. The molecule has 0 saturated carbocycles. The lowest BCUT2D eigenvalue weighted by atomic mass is 9.63. The number of nitrogens with one attached hydrogen (secondary N) is 1. The molecule has 4 nitrogen and oxygen atoms in total. The summed E-state index contributed by atoms with van der Waals surface area (Å²) in [6.45, 7) is 11.5. The maximum atomic E-state index is 14.3. The molecule has 174 valence electrons. The van der Waals surface area contributed by atoms with E-state index in [1.807, 2.05) is 6.07 Å². The van der Waals surface area contributed by atoms with Gasteiger partial charge in [-0.1, -0.05) is 26.8 Å². The van der Waals surface area contributed by atoms with Crippen molar-refractivity contribution in [3.8, 4) is 0 Å². The average molecular weight is 433 g/mol. The van der Waals surface area contributed by atoms with Crippen molar-refractivity contribution in [1.82, 2.24) is 10.2 Å². The van der Waals surface area contributed by atoms with Crippen molar-refractivity contribution in [1.29, 1.82) is 0 Å². The van der Waals surface area contributed by atoms with Crippen molar-refractivity contribution >= 4 is 5.91 Å². The number of ether oxygens (including phenoxy) is 1. The van der Waals surface area contributed by atoms with Gasteiger partial charge in [-0.15, -0.1) is 0 Å². The zero-order valence-corrected chi connectivity index (χ0v) is 19.5. The number of piperidine rings is 1. The summed E-state index contributed by atoms with van der Waals surface area (Å²) in [5, 5.41) is 3.30. The maximum Gasteiger partial charge on any atom is 0.223 e. The van der Waals surface area contributed by atoms with Crippen molar-refractivity contribution in [3.63, 3.8) is 0 Å². The van der Waals surface area contributed by atoms with Crippen LogP contribution in [-0.4, -0.2) is 43.7 Å². The van der Waals surface area contributed by atoms with E-state index in [0.29, 0.717) is 18.6 Å². The van der Waals surface area contributed by atoms with Crippen LogP contribution >= 0.6 is 0 Å². The first-order valence-electron chi connectivity index (χ1n) is 12.2. The molecule has 1 aliphatic carbocycles. The van der Waals surface area contributed by atoms with Gasteiger partial charge in [-0.3, -0.25) is 4.79 Å². The number of likely N-dealkylation sites (tertiary alicyclic amines) is 1. The standard InChI is InChI=1S/C26H39FN2O2.H2/c1-25(2,3)10-13-29-14-11-26(12-15-29)9-6-23(21-5-4-20(27)18-22(21)26)28-24(30)19-7-16-31-17-8-19;/h4-5,18-19,23H,6-17H2,1-3H3,(H,28,30);1H/t23-;/m0./s1. The zero-order chi connectivity index (χ0) is 22.1. The van der Waals surface area contributed by atoms with E-state index in [1.165, 1.54) is 6.42 Å². The molecular formula is C26H41FN2O2. The third-order valence-corrected chi connectivity index (χ3v) is 7.77. The molecule has 1 atom stereocenters. The number of carbonyl (C=O) groups is 1. The lowest BCUT2D eigenvalue weighted by molar-refractivity contribution is -0.128. The fourth-order valence-electron chi connectivity index (χ4n) is 5.62. The second kappa shape index (κ2) is 9.19. The SMILES string of the molecule is CC(C)(C)CCN1CCC2(CC[C@H](NC(=O)C3CCOCC3)c3ccc(F)cc32)CC1.[HH]. The molecule has 2 fully saturated rings. The Bertz CT molecular complexity index is 781. The van der Waals surface area contributed by atoms with Crippen molar-refractivity contribution in [2.24, 2.45) is 11.3 Å². The normalized spacial score (nSPS) is 24.7. The smallest absolute Gasteiger partial charge is 0.223 e. The molecule has 31 heavy (non-hydrogen) atoms. The predicted octanol–water partition coefficient (Wildman–Crippen LogP) is 5.22. The van der Waals surface area contributed by atoms with E-state index in [-0.39, 0.29) is 30.5 Å². The number of nitrogens with zero attached hydrogens (tertiary/aromatic N) is 1. The van der Waals surface area contributed by atoms with Crippen LogP contribution in [-0.2, 0) is 14.9 Å². The molecule has 3 aliphatic rings. The highest BCUT2D eigenvalue weighted by molar-refractivity contribution is 5.79. The number of amides is 1. The highest BCUT2D eigenvalue weighted by atomic mass is 19.1. The van der Waals surface area contributed by atoms with Gasteiger partial charge in [-0.2, -0.15) is 0 Å². The van der Waals surface area contributed by atoms with Gasteiger partial charge in [0.15, 0.2) is 0 Å². The van der Waals surface area contributed by atoms with Crippen molar-refractivity contribution in [3.05, 3.63) is 35.1 Å². The first-order valence-corrected chi connectivity index (χ1v) is 12.2. The molecule has 0 bridgehead atoms. The molecule has 0 unspecified atom stereocenters. The minimum absolute atomic E-state index is 0. The van der Waals surface area contributed by atoms with Crippen LogP contribution in [0.3, 0.4) is 0 Å². The monoisotopic (exact) mass is 432 g/mol. The first kappa shape index (κ1) is 22.7. The Morgan fingerprint density at radius 1 is 1.19 bits per heavy atom. The lowest BCUT2D eigenvalue weighted by Gasteiger charge is -2.47. The number of hydrogen-bond acceptors (Lipinski definition) is 3. The quantitative estimate of drug-likeness (QED) is 0.709. The number of fused-ring (bicyclic) bond motifs is 2. The third kappa shape index (κ3) is 5.31. The van der Waals surface area contributed by atoms with Gasteiger partial charge in [0.1, 0.15) is 5.82 Å². The largest absolute Gasteiger partial charge is 0.381 e. The fourth-order valence-corrected chi connectivity index (χ4v) is 5.62. The van der Waals surface area contributed by atoms with E-state index in [0.717, 1.165) is 69.3 Å². The summed E-state index contributed by atoms with van der Waals surface area (Å²) < 4.78 is 19.7. The maximum absolute atomic E-state index is 14.3. The molecule has 1 aromatic rings. The van der Waals surface area contributed by atoms with Crippen LogP contribution in [0.4, 0.5) is 4.39 Å². The van der Waals surface area contributed by atoms with E-state index < -0.39 is 0 Å². The van der Waals surface area contributed by atoms with Crippen molar-refractivity contribution < 1.29 is 15.3 Å². The number of benzene rings is 1. The van der Waals surface area contributed by atoms with Gasteiger partial charge in [-0.05, 0) is 98.7 Å². The molecule has 5 heteroatoms. The molecule has 4 rings (SSSR count). The molecule has 0 aromatic heterocycles. The van der Waals surface area contributed by atoms with Gasteiger partial charge in [-0.25, -0.2) is 4.39 Å². The highest BCUT2D eigenvalue weighted by Crippen LogP contribution is 2.48. The van der Waals surface area contributed by atoms with E-state index >= 15 is 0 Å². The summed E-state index contributed by atoms with van der Waals surface area (Å²) in [6.07, 6.45) is 6.91. The van der Waals surface area contributed by atoms with E-state index in [4.69, 9.17) is 4.74 Å². The summed E-state index contributed by atoms with van der Waals surface area (Å²) in [7, 11) is 0. The molecule has 1 amide bonds. The van der Waals surface area contributed by atoms with Crippen LogP contribution in [0.15, 0.2) is 18.2 Å². The summed E-state index contributed by atoms with van der Waals surface area (Å²) in [4.78, 5) is 15.4. The number of rotatable bonds is 4. The Kier molecular flexibility index (Phi) is 6.73. The van der Waals surface area contributed by atoms with E-state index in [1.54, 1.807) is 12.1 Å². The Hall–Kier alpha value is -1.46. The molecule has 1 spiro atoms. The van der Waals surface area contributed by atoms with Gasteiger partial charge < -0.3 is 15.0 Å². The van der Waals surface area contributed by atoms with Gasteiger partial charge >= 0.3 is 0 Å². The van der Waals surface area contributed by atoms with Gasteiger partial charge in [0.2, 0.25) is 5.91 Å². The van der Waals surface area contributed by atoms with E-state index in [2.05, 4.69) is 31.0 Å². The summed E-state index contributed by atoms with van der Waals surface area (Å²) in [5.74, 6) is 0.0146. The molecule has 2 heterocycles. The van der Waals surface area contributed by atoms with Gasteiger partial charge in [0.25, 0.3) is 0 Å².